The fourth-order valence-electron chi connectivity index (χ4n) is 2.14. The molecule has 0 radical (unpaired) electrons. The Labute approximate surface area is 128 Å². The Morgan fingerprint density at radius 1 is 1.29 bits per heavy atom. The van der Waals surface area contributed by atoms with Crippen molar-refractivity contribution in [1.29, 1.82) is 0 Å². The first-order valence-electron chi connectivity index (χ1n) is 6.18. The zero-order chi connectivity index (χ0) is 15.0. The molecule has 0 bridgehead atoms. The number of hydrogen-bond donors (Lipinski definition) is 2. The predicted octanol–water partition coefficient (Wildman–Crippen LogP) is 3.37. The van der Waals surface area contributed by atoms with E-state index < -0.39 is 11.0 Å². The molecule has 7 heteroatoms. The first-order chi connectivity index (χ1) is 10.1. The van der Waals surface area contributed by atoms with Gasteiger partial charge >= 0.3 is 0 Å². The fourth-order valence-corrected chi connectivity index (χ4v) is 3.73. The minimum Gasteiger partial charge on any atom is -0.291 e. The maximum Gasteiger partial charge on any atom is 0.160 e. The van der Waals surface area contributed by atoms with Crippen molar-refractivity contribution >= 4 is 39.3 Å². The van der Waals surface area contributed by atoms with Crippen LogP contribution >= 0.6 is 11.6 Å². The van der Waals surface area contributed by atoms with Crippen LogP contribution in [-0.4, -0.2) is 18.4 Å². The maximum atomic E-state index is 12.9. The van der Waals surface area contributed by atoms with E-state index in [0.717, 1.165) is 11.0 Å². The molecule has 2 N–H and O–H groups in total. The van der Waals surface area contributed by atoms with E-state index in [1.165, 1.54) is 0 Å². The van der Waals surface area contributed by atoms with Crippen LogP contribution in [-0.2, 0) is 11.0 Å². The standard InChI is InChI=1S/C14H12ClN3O2S/c1-9-16-12-4-2-3-5-13(12)18(9)21(20)14-8-10(17-19)6-7-11(14)15/h2-8,17,19H,1H3. The molecule has 3 rings (SSSR count). The third-order valence-electron chi connectivity index (χ3n) is 3.09. The highest BCUT2D eigenvalue weighted by molar-refractivity contribution is 7.83. The van der Waals surface area contributed by atoms with Gasteiger partial charge in [-0.25, -0.2) is 13.2 Å². The van der Waals surface area contributed by atoms with Gasteiger partial charge in [0.25, 0.3) is 0 Å². The second-order valence-corrected chi connectivity index (χ2v) is 6.16. The molecule has 0 aliphatic rings. The highest BCUT2D eigenvalue weighted by Gasteiger charge is 2.17. The van der Waals surface area contributed by atoms with Gasteiger partial charge in [0.1, 0.15) is 5.82 Å². The van der Waals surface area contributed by atoms with E-state index in [-0.39, 0.29) is 0 Å². The van der Waals surface area contributed by atoms with Crippen molar-refractivity contribution in [2.45, 2.75) is 11.8 Å². The molecule has 3 aromatic rings. The Hall–Kier alpha value is -1.89. The number of rotatable bonds is 3. The summed E-state index contributed by atoms with van der Waals surface area (Å²) in [5, 5.41) is 9.35. The summed E-state index contributed by atoms with van der Waals surface area (Å²) < 4.78 is 14.5. The van der Waals surface area contributed by atoms with Crippen LogP contribution in [0.5, 0.6) is 0 Å². The van der Waals surface area contributed by atoms with Crippen molar-refractivity contribution in [1.82, 2.24) is 8.96 Å². The van der Waals surface area contributed by atoms with Crippen molar-refractivity contribution in [2.24, 2.45) is 0 Å². The molecule has 0 saturated heterocycles. The number of aromatic nitrogens is 2. The highest BCUT2D eigenvalue weighted by atomic mass is 35.5. The van der Waals surface area contributed by atoms with Gasteiger partial charge in [0.05, 0.1) is 26.6 Å². The summed E-state index contributed by atoms with van der Waals surface area (Å²) in [7, 11) is -1.55. The molecule has 1 aromatic heterocycles. The van der Waals surface area contributed by atoms with Gasteiger partial charge in [-0.05, 0) is 37.3 Å². The first kappa shape index (κ1) is 14.1. The molecule has 2 aromatic carbocycles. The molecule has 0 spiro atoms. The van der Waals surface area contributed by atoms with E-state index >= 15 is 0 Å². The number of nitrogens with zero attached hydrogens (tertiary/aromatic N) is 2. The lowest BCUT2D eigenvalue weighted by Gasteiger charge is -2.09. The van der Waals surface area contributed by atoms with Gasteiger partial charge in [0.15, 0.2) is 11.0 Å². The molecule has 0 amide bonds. The number of fused-ring (bicyclic) bond motifs is 1. The number of nitrogens with one attached hydrogen (secondary N) is 1. The number of benzene rings is 2. The van der Waals surface area contributed by atoms with Crippen LogP contribution in [0.2, 0.25) is 5.02 Å². The highest BCUT2D eigenvalue weighted by Crippen LogP contribution is 2.27. The third kappa shape index (κ3) is 2.42. The van der Waals surface area contributed by atoms with E-state index in [1.54, 1.807) is 29.1 Å². The lowest BCUT2D eigenvalue weighted by atomic mass is 10.3. The zero-order valence-electron chi connectivity index (χ0n) is 11.1. The third-order valence-corrected chi connectivity index (χ3v) is 5.04. The molecule has 21 heavy (non-hydrogen) atoms. The number of anilines is 1. The summed E-state index contributed by atoms with van der Waals surface area (Å²) in [6, 6.07) is 12.2. The molecule has 0 fully saturated rings. The van der Waals surface area contributed by atoms with Crippen LogP contribution in [0.25, 0.3) is 11.0 Å². The van der Waals surface area contributed by atoms with Crippen molar-refractivity contribution in [3.8, 4) is 0 Å². The average molecular weight is 322 g/mol. The topological polar surface area (TPSA) is 67.2 Å². The van der Waals surface area contributed by atoms with Gasteiger partial charge in [-0.15, -0.1) is 0 Å². The monoisotopic (exact) mass is 321 g/mol. The van der Waals surface area contributed by atoms with Crippen LogP contribution in [0.1, 0.15) is 5.82 Å². The van der Waals surface area contributed by atoms with E-state index in [1.807, 2.05) is 29.7 Å². The van der Waals surface area contributed by atoms with Gasteiger partial charge in [-0.1, -0.05) is 23.7 Å². The number of imidazole rings is 1. The van der Waals surface area contributed by atoms with E-state index in [4.69, 9.17) is 16.8 Å². The summed E-state index contributed by atoms with van der Waals surface area (Å²) in [6.07, 6.45) is 0. The Morgan fingerprint density at radius 2 is 2.05 bits per heavy atom. The first-order valence-corrected chi connectivity index (χ1v) is 7.66. The van der Waals surface area contributed by atoms with Crippen molar-refractivity contribution in [2.75, 3.05) is 5.48 Å². The van der Waals surface area contributed by atoms with E-state index in [2.05, 4.69) is 4.98 Å². The average Bonchev–Trinajstić information content (AvgIpc) is 2.83. The molecule has 1 unspecified atom stereocenters. The van der Waals surface area contributed by atoms with Gasteiger partial charge in [-0.2, -0.15) is 0 Å². The normalized spacial score (nSPS) is 12.5. The maximum absolute atomic E-state index is 12.9. The largest absolute Gasteiger partial charge is 0.291 e. The lowest BCUT2D eigenvalue weighted by molar-refractivity contribution is 0.389. The second kappa shape index (κ2) is 5.48. The molecular formula is C14H12ClN3O2S. The molecular weight excluding hydrogens is 310 g/mol. The molecule has 108 valence electrons. The van der Waals surface area contributed by atoms with Crippen molar-refractivity contribution < 1.29 is 9.42 Å². The number of hydrogen-bond acceptors (Lipinski definition) is 4. The van der Waals surface area contributed by atoms with Crippen LogP contribution in [0.15, 0.2) is 47.4 Å². The van der Waals surface area contributed by atoms with Crippen LogP contribution in [0.4, 0.5) is 5.69 Å². The summed E-state index contributed by atoms with van der Waals surface area (Å²) in [5.74, 6) is 0.632. The quantitative estimate of drug-likeness (QED) is 0.726. The number of halogens is 1. The lowest BCUT2D eigenvalue weighted by Crippen LogP contribution is -2.08. The minimum atomic E-state index is -1.55. The zero-order valence-corrected chi connectivity index (χ0v) is 12.6. The van der Waals surface area contributed by atoms with Crippen molar-refractivity contribution in [3.63, 3.8) is 0 Å². The summed E-state index contributed by atoms with van der Waals surface area (Å²) in [6.45, 7) is 1.79. The Bertz CT molecular complexity index is 847. The Kier molecular flexibility index (Phi) is 3.67. The van der Waals surface area contributed by atoms with Gasteiger partial charge in [-0.3, -0.25) is 10.7 Å². The summed E-state index contributed by atoms with van der Waals surface area (Å²) >= 11 is 6.13. The Balaban J connectivity index is 2.19. The second-order valence-electron chi connectivity index (χ2n) is 4.45. The molecule has 0 saturated carbocycles. The smallest absolute Gasteiger partial charge is 0.160 e. The van der Waals surface area contributed by atoms with Crippen LogP contribution in [0, 0.1) is 6.92 Å². The molecule has 1 heterocycles. The van der Waals surface area contributed by atoms with Gasteiger partial charge < -0.3 is 0 Å². The summed E-state index contributed by atoms with van der Waals surface area (Å²) in [5.41, 5.74) is 3.99. The summed E-state index contributed by atoms with van der Waals surface area (Å²) in [4.78, 5) is 4.80. The SMILES string of the molecule is Cc1nc2ccccc2n1S(=O)c1cc(NO)ccc1Cl. The number of aryl methyl sites for hydroxylation is 1. The molecule has 5 nitrogen and oxygen atoms in total. The van der Waals surface area contributed by atoms with Gasteiger partial charge in [0.2, 0.25) is 0 Å². The van der Waals surface area contributed by atoms with E-state index in [0.29, 0.717) is 21.4 Å². The molecule has 0 aliphatic heterocycles. The Morgan fingerprint density at radius 3 is 2.81 bits per heavy atom. The molecule has 1 atom stereocenters. The van der Waals surface area contributed by atoms with Crippen LogP contribution < -0.4 is 5.48 Å². The number of para-hydroxylation sites is 2. The molecule has 0 aliphatic carbocycles. The minimum absolute atomic E-state index is 0.365. The van der Waals surface area contributed by atoms with Crippen molar-refractivity contribution in [3.05, 3.63) is 53.3 Å². The van der Waals surface area contributed by atoms with Gasteiger partial charge in [0, 0.05) is 0 Å². The van der Waals surface area contributed by atoms with E-state index in [9.17, 15) is 4.21 Å². The predicted molar refractivity (Wildman–Crippen MR) is 83.1 cm³/mol. The fraction of sp³-hybridized carbons (Fsp3) is 0.0714. The van der Waals surface area contributed by atoms with Crippen LogP contribution in [0.3, 0.4) is 0 Å².